The van der Waals surface area contributed by atoms with Gasteiger partial charge >= 0.3 is 0 Å². The molecule has 1 saturated heterocycles. The minimum absolute atomic E-state index is 0.0192. The summed E-state index contributed by atoms with van der Waals surface area (Å²) in [4.78, 5) is 0. The minimum atomic E-state index is -3.21. The maximum atomic E-state index is 12.1. The summed E-state index contributed by atoms with van der Waals surface area (Å²) >= 11 is 0. The Hall–Kier alpha value is -0.130. The molecule has 1 unspecified atom stereocenters. The molecule has 0 bridgehead atoms. The molecule has 0 spiro atoms. The molecule has 1 fully saturated rings. The van der Waals surface area contributed by atoms with Crippen LogP contribution in [0.5, 0.6) is 0 Å². The van der Waals surface area contributed by atoms with Crippen molar-refractivity contribution in [3.8, 4) is 0 Å². The molecule has 1 N–H and O–H groups in total. The summed E-state index contributed by atoms with van der Waals surface area (Å²) < 4.78 is 25.7. The monoisotopic (exact) mass is 263 g/mol. The molecule has 0 aromatic rings. The molecular formula is C12H25NO3S. The van der Waals surface area contributed by atoms with Crippen LogP contribution in [0.25, 0.3) is 0 Å². The molecule has 0 aromatic carbocycles. The van der Waals surface area contributed by atoms with Gasteiger partial charge in [0.15, 0.2) is 0 Å². The van der Waals surface area contributed by atoms with E-state index in [4.69, 9.17) is 0 Å². The lowest BCUT2D eigenvalue weighted by molar-refractivity contribution is 0.00936. The minimum Gasteiger partial charge on any atom is -0.389 e. The van der Waals surface area contributed by atoms with Crippen LogP contribution in [0.1, 0.15) is 47.0 Å². The average Bonchev–Trinajstić information content (AvgIpc) is 2.12. The Kier molecular flexibility index (Phi) is 4.27. The maximum absolute atomic E-state index is 12.1. The molecular weight excluding hydrogens is 238 g/mol. The summed E-state index contributed by atoms with van der Waals surface area (Å²) in [7, 11) is -3.21. The summed E-state index contributed by atoms with van der Waals surface area (Å²) in [5.41, 5.74) is -0.849. The van der Waals surface area contributed by atoms with Crippen LogP contribution in [-0.4, -0.2) is 42.3 Å². The smallest absolute Gasteiger partial charge is 0.214 e. The normalized spacial score (nSPS) is 28.3. The third-order valence-corrected chi connectivity index (χ3v) is 4.96. The lowest BCUT2D eigenvalue weighted by atomic mass is 9.94. The van der Waals surface area contributed by atoms with Crippen LogP contribution in [0.3, 0.4) is 0 Å². The average molecular weight is 263 g/mol. The number of sulfonamides is 1. The summed E-state index contributed by atoms with van der Waals surface area (Å²) in [6.45, 7) is 8.60. The third-order valence-electron chi connectivity index (χ3n) is 3.14. The molecule has 1 heterocycles. The van der Waals surface area contributed by atoms with E-state index in [1.165, 1.54) is 4.31 Å². The highest BCUT2D eigenvalue weighted by Crippen LogP contribution is 2.25. The van der Waals surface area contributed by atoms with E-state index in [2.05, 4.69) is 0 Å². The van der Waals surface area contributed by atoms with Gasteiger partial charge in [-0.3, -0.25) is 0 Å². The zero-order valence-electron chi connectivity index (χ0n) is 11.4. The molecule has 102 valence electrons. The first-order valence-electron chi connectivity index (χ1n) is 6.22. The second-order valence-corrected chi connectivity index (χ2v) is 8.65. The summed E-state index contributed by atoms with van der Waals surface area (Å²) in [6, 6.07) is 0. The van der Waals surface area contributed by atoms with Crippen molar-refractivity contribution in [3.05, 3.63) is 0 Å². The Labute approximate surface area is 105 Å². The molecule has 1 aliphatic heterocycles. The Bertz CT molecular complexity index is 354. The fourth-order valence-electron chi connectivity index (χ4n) is 1.98. The SMILES string of the molecule is CC(C)(C)CCS(=O)(=O)N1CCCC(C)(O)C1. The first-order chi connectivity index (χ1) is 7.52. The van der Waals surface area contributed by atoms with E-state index in [0.29, 0.717) is 19.4 Å². The molecule has 1 atom stereocenters. The predicted molar refractivity (Wildman–Crippen MR) is 69.3 cm³/mol. The van der Waals surface area contributed by atoms with E-state index in [9.17, 15) is 13.5 Å². The van der Waals surface area contributed by atoms with Crippen LogP contribution < -0.4 is 0 Å². The van der Waals surface area contributed by atoms with Crippen molar-refractivity contribution < 1.29 is 13.5 Å². The number of piperidine rings is 1. The zero-order chi connectivity index (χ0) is 13.3. The van der Waals surface area contributed by atoms with Crippen molar-refractivity contribution in [2.45, 2.75) is 52.6 Å². The Morgan fingerprint density at radius 2 is 1.94 bits per heavy atom. The number of aliphatic hydroxyl groups is 1. The van der Waals surface area contributed by atoms with Gasteiger partial charge in [-0.2, -0.15) is 4.31 Å². The van der Waals surface area contributed by atoms with Crippen LogP contribution in [0.15, 0.2) is 0 Å². The maximum Gasteiger partial charge on any atom is 0.214 e. The van der Waals surface area contributed by atoms with E-state index in [1.807, 2.05) is 20.8 Å². The van der Waals surface area contributed by atoms with Gasteiger partial charge in [0.2, 0.25) is 10.0 Å². The third kappa shape index (κ3) is 4.94. The second kappa shape index (κ2) is 4.86. The molecule has 0 amide bonds. The van der Waals surface area contributed by atoms with Crippen molar-refractivity contribution in [1.29, 1.82) is 0 Å². The van der Waals surface area contributed by atoms with Gasteiger partial charge in [0, 0.05) is 13.1 Å². The number of nitrogens with zero attached hydrogens (tertiary/aromatic N) is 1. The number of β-amino-alcohol motifs (C(OH)–C–C–N with tert-alkyl or cyclic N) is 1. The Morgan fingerprint density at radius 1 is 1.35 bits per heavy atom. The van der Waals surface area contributed by atoms with Crippen molar-refractivity contribution >= 4 is 10.0 Å². The van der Waals surface area contributed by atoms with Gasteiger partial charge in [0.05, 0.1) is 11.4 Å². The Morgan fingerprint density at radius 3 is 2.41 bits per heavy atom. The molecule has 0 aromatic heterocycles. The first-order valence-corrected chi connectivity index (χ1v) is 7.83. The lowest BCUT2D eigenvalue weighted by Crippen LogP contribution is -2.49. The summed E-state index contributed by atoms with van der Waals surface area (Å²) in [5, 5.41) is 9.93. The quantitative estimate of drug-likeness (QED) is 0.841. The second-order valence-electron chi connectivity index (χ2n) is 6.56. The highest BCUT2D eigenvalue weighted by Gasteiger charge is 2.34. The van der Waals surface area contributed by atoms with E-state index < -0.39 is 15.6 Å². The summed E-state index contributed by atoms with van der Waals surface area (Å²) in [6.07, 6.45) is 2.06. The van der Waals surface area contributed by atoms with Crippen LogP contribution in [0, 0.1) is 5.41 Å². The molecule has 0 radical (unpaired) electrons. The molecule has 1 aliphatic rings. The van der Waals surface area contributed by atoms with E-state index in [0.717, 1.165) is 6.42 Å². The van der Waals surface area contributed by atoms with Crippen LogP contribution in [-0.2, 0) is 10.0 Å². The van der Waals surface area contributed by atoms with E-state index in [-0.39, 0.29) is 17.7 Å². The van der Waals surface area contributed by atoms with Gasteiger partial charge in [0.25, 0.3) is 0 Å². The first kappa shape index (κ1) is 14.9. The van der Waals surface area contributed by atoms with E-state index in [1.54, 1.807) is 6.92 Å². The molecule has 5 heteroatoms. The topological polar surface area (TPSA) is 57.6 Å². The van der Waals surface area contributed by atoms with Crippen molar-refractivity contribution in [2.75, 3.05) is 18.8 Å². The predicted octanol–water partition coefficient (Wildman–Crippen LogP) is 1.60. The molecule has 0 aliphatic carbocycles. The van der Waals surface area contributed by atoms with Gasteiger partial charge in [-0.25, -0.2) is 8.42 Å². The molecule has 0 saturated carbocycles. The van der Waals surface area contributed by atoms with Crippen molar-refractivity contribution in [3.63, 3.8) is 0 Å². The standard InChI is InChI=1S/C12H25NO3S/c1-11(2,3)7-9-17(15,16)13-8-5-6-12(4,14)10-13/h14H,5-10H2,1-4H3. The van der Waals surface area contributed by atoms with Crippen molar-refractivity contribution in [2.24, 2.45) is 5.41 Å². The van der Waals surface area contributed by atoms with Crippen LogP contribution in [0.2, 0.25) is 0 Å². The van der Waals surface area contributed by atoms with Gasteiger partial charge in [-0.15, -0.1) is 0 Å². The highest BCUT2D eigenvalue weighted by molar-refractivity contribution is 7.89. The number of hydrogen-bond acceptors (Lipinski definition) is 3. The Balaban J connectivity index is 2.64. The molecule has 17 heavy (non-hydrogen) atoms. The van der Waals surface area contributed by atoms with Crippen LogP contribution >= 0.6 is 0 Å². The zero-order valence-corrected chi connectivity index (χ0v) is 12.2. The largest absolute Gasteiger partial charge is 0.389 e. The fraction of sp³-hybridized carbons (Fsp3) is 1.00. The highest BCUT2D eigenvalue weighted by atomic mass is 32.2. The lowest BCUT2D eigenvalue weighted by Gasteiger charge is -2.36. The number of hydrogen-bond donors (Lipinski definition) is 1. The number of rotatable bonds is 3. The van der Waals surface area contributed by atoms with Gasteiger partial charge < -0.3 is 5.11 Å². The van der Waals surface area contributed by atoms with Crippen molar-refractivity contribution in [1.82, 2.24) is 4.31 Å². The molecule has 1 rings (SSSR count). The van der Waals surface area contributed by atoms with E-state index >= 15 is 0 Å². The van der Waals surface area contributed by atoms with Gasteiger partial charge in [0.1, 0.15) is 0 Å². The summed E-state index contributed by atoms with van der Waals surface area (Å²) in [5.74, 6) is 0.173. The van der Waals surface area contributed by atoms with Gasteiger partial charge in [-0.1, -0.05) is 20.8 Å². The fourth-order valence-corrected chi connectivity index (χ4v) is 3.99. The van der Waals surface area contributed by atoms with Crippen LogP contribution in [0.4, 0.5) is 0 Å². The van der Waals surface area contributed by atoms with Gasteiger partial charge in [-0.05, 0) is 31.6 Å². The molecule has 4 nitrogen and oxygen atoms in total.